The summed E-state index contributed by atoms with van der Waals surface area (Å²) in [4.78, 5) is 19.3. The minimum Gasteiger partial charge on any atom is -0.508 e. The minimum absolute atomic E-state index is 0.00130. The first-order valence-electron chi connectivity index (χ1n) is 12.2. The van der Waals surface area contributed by atoms with Crippen LogP contribution in [0, 0.1) is 6.92 Å². The monoisotopic (exact) mass is 542 g/mol. The highest BCUT2D eigenvalue weighted by Gasteiger charge is 2.33. The standard InChI is InChI=1S/C27H36N4O2P2S/c1-6-31-15-23(26(28-31)27(3,34)35)20-13-18(32)9-10-19(20)22-14-30(25(33)8-7-11-29(4)5)16-24-21(22)12-17(2)36-24/h7-10,12-13,15,22,32H,6,11,14,16,34-35H2,1-5H3/b8-7+. The number of aromatic nitrogens is 2. The smallest absolute Gasteiger partial charge is 0.246 e. The maximum absolute atomic E-state index is 13.2. The number of aryl methyl sites for hydroxylation is 2. The molecule has 3 unspecified atom stereocenters. The number of phenolic OH excluding ortho intramolecular Hbond substituents is 1. The summed E-state index contributed by atoms with van der Waals surface area (Å²) in [7, 11) is 9.70. The molecular weight excluding hydrogens is 506 g/mol. The summed E-state index contributed by atoms with van der Waals surface area (Å²) in [5.74, 6) is 0.245. The van der Waals surface area contributed by atoms with Gasteiger partial charge >= 0.3 is 0 Å². The van der Waals surface area contributed by atoms with Gasteiger partial charge in [-0.15, -0.1) is 29.8 Å². The molecule has 0 fully saturated rings. The van der Waals surface area contributed by atoms with Gasteiger partial charge in [0.15, 0.2) is 0 Å². The van der Waals surface area contributed by atoms with Crippen LogP contribution in [0.15, 0.2) is 42.6 Å². The van der Waals surface area contributed by atoms with Crippen molar-refractivity contribution in [2.75, 3.05) is 27.2 Å². The Balaban J connectivity index is 1.82. The number of rotatable bonds is 7. The summed E-state index contributed by atoms with van der Waals surface area (Å²) < 4.78 is 1.94. The zero-order chi connectivity index (χ0) is 26.2. The number of carbonyl (C=O) groups is 1. The lowest BCUT2D eigenvalue weighted by Crippen LogP contribution is -2.37. The summed E-state index contributed by atoms with van der Waals surface area (Å²) in [6, 6.07) is 7.86. The summed E-state index contributed by atoms with van der Waals surface area (Å²) >= 11 is 1.76. The summed E-state index contributed by atoms with van der Waals surface area (Å²) in [6.45, 7) is 8.98. The second-order valence-electron chi connectivity index (χ2n) is 9.97. The van der Waals surface area contributed by atoms with Crippen molar-refractivity contribution in [1.82, 2.24) is 19.6 Å². The number of hydrogen-bond donors (Lipinski definition) is 1. The van der Waals surface area contributed by atoms with E-state index in [9.17, 15) is 9.90 Å². The quantitative estimate of drug-likeness (QED) is 0.331. The molecule has 3 atom stereocenters. The Kier molecular flexibility index (Phi) is 8.07. The van der Waals surface area contributed by atoms with E-state index in [0.29, 0.717) is 13.1 Å². The lowest BCUT2D eigenvalue weighted by atomic mass is 9.83. The molecule has 36 heavy (non-hydrogen) atoms. The molecule has 0 saturated carbocycles. The molecule has 4 rings (SSSR count). The Hall–Kier alpha value is -2.04. The number of nitrogens with zero attached hydrogens (tertiary/aromatic N) is 4. The van der Waals surface area contributed by atoms with Crippen molar-refractivity contribution in [2.45, 2.75) is 44.7 Å². The molecule has 6 nitrogen and oxygen atoms in total. The molecule has 0 radical (unpaired) electrons. The molecule has 1 aromatic carbocycles. The SMILES string of the molecule is CCn1cc(-c2cc(O)ccc2C2CN(C(=O)/C=C/CN(C)C)Cc3sc(C)cc32)c(C(C)(P)P)n1. The van der Waals surface area contributed by atoms with Crippen molar-refractivity contribution in [1.29, 1.82) is 0 Å². The van der Waals surface area contributed by atoms with Gasteiger partial charge in [0.2, 0.25) is 5.91 Å². The maximum atomic E-state index is 13.2. The van der Waals surface area contributed by atoms with E-state index in [1.165, 1.54) is 15.3 Å². The molecule has 192 valence electrons. The molecule has 1 aliphatic rings. The average Bonchev–Trinajstić information content (AvgIpc) is 3.41. The third-order valence-electron chi connectivity index (χ3n) is 6.42. The first-order valence-corrected chi connectivity index (χ1v) is 14.1. The van der Waals surface area contributed by atoms with Crippen LogP contribution < -0.4 is 0 Å². The van der Waals surface area contributed by atoms with Gasteiger partial charge in [-0.1, -0.05) is 12.1 Å². The maximum Gasteiger partial charge on any atom is 0.246 e. The van der Waals surface area contributed by atoms with Gasteiger partial charge in [-0.3, -0.25) is 9.48 Å². The van der Waals surface area contributed by atoms with E-state index in [-0.39, 0.29) is 22.5 Å². The highest BCUT2D eigenvalue weighted by molar-refractivity contribution is 7.38. The number of aromatic hydroxyl groups is 1. The van der Waals surface area contributed by atoms with Crippen LogP contribution in [0.2, 0.25) is 0 Å². The molecule has 1 N–H and O–H groups in total. The van der Waals surface area contributed by atoms with Gasteiger partial charge in [0.05, 0.1) is 12.2 Å². The summed E-state index contributed by atoms with van der Waals surface area (Å²) in [5, 5.41) is 15.4. The highest BCUT2D eigenvalue weighted by Crippen LogP contribution is 2.47. The van der Waals surface area contributed by atoms with E-state index >= 15 is 0 Å². The lowest BCUT2D eigenvalue weighted by molar-refractivity contribution is -0.127. The van der Waals surface area contributed by atoms with Gasteiger partial charge in [0.1, 0.15) is 5.75 Å². The van der Waals surface area contributed by atoms with Gasteiger partial charge in [0.25, 0.3) is 0 Å². The lowest BCUT2D eigenvalue weighted by Gasteiger charge is -2.34. The molecule has 9 heteroatoms. The summed E-state index contributed by atoms with van der Waals surface area (Å²) in [6.07, 6.45) is 5.68. The van der Waals surface area contributed by atoms with Gasteiger partial charge in [-0.25, -0.2) is 0 Å². The molecule has 0 saturated heterocycles. The topological polar surface area (TPSA) is 61.6 Å². The molecule has 3 heterocycles. The molecule has 0 aliphatic carbocycles. The van der Waals surface area contributed by atoms with E-state index in [2.05, 4.69) is 51.5 Å². The molecule has 1 aliphatic heterocycles. The van der Waals surface area contributed by atoms with Gasteiger partial charge < -0.3 is 14.9 Å². The molecule has 2 aromatic heterocycles. The number of carbonyl (C=O) groups excluding carboxylic acids is 1. The van der Waals surface area contributed by atoms with Crippen LogP contribution in [0.5, 0.6) is 5.75 Å². The first-order chi connectivity index (χ1) is 17.0. The van der Waals surface area contributed by atoms with Crippen LogP contribution in [-0.4, -0.2) is 57.8 Å². The average molecular weight is 543 g/mol. The van der Waals surface area contributed by atoms with Gasteiger partial charge in [-0.2, -0.15) is 5.10 Å². The zero-order valence-corrected chi connectivity index (χ0v) is 24.8. The van der Waals surface area contributed by atoms with Gasteiger partial charge in [-0.05, 0) is 69.8 Å². The van der Waals surface area contributed by atoms with Crippen molar-refractivity contribution < 1.29 is 9.90 Å². The predicted molar refractivity (Wildman–Crippen MR) is 156 cm³/mol. The zero-order valence-electron chi connectivity index (χ0n) is 21.7. The van der Waals surface area contributed by atoms with Crippen LogP contribution in [0.3, 0.4) is 0 Å². The van der Waals surface area contributed by atoms with E-state index < -0.39 is 0 Å². The largest absolute Gasteiger partial charge is 0.508 e. The third kappa shape index (κ3) is 5.75. The molecule has 3 aromatic rings. The number of benzene rings is 1. The normalized spacial score (nSPS) is 16.2. The number of thiophene rings is 1. The molecule has 1 amide bonds. The Morgan fingerprint density at radius 3 is 2.69 bits per heavy atom. The van der Waals surface area contributed by atoms with Crippen LogP contribution in [0.1, 0.15) is 46.3 Å². The van der Waals surface area contributed by atoms with Crippen LogP contribution in [0.4, 0.5) is 0 Å². The fourth-order valence-electron chi connectivity index (χ4n) is 4.72. The van der Waals surface area contributed by atoms with Crippen LogP contribution in [0.25, 0.3) is 11.1 Å². The second-order valence-corrected chi connectivity index (χ2v) is 14.4. The second kappa shape index (κ2) is 10.8. The number of hydrogen-bond acceptors (Lipinski definition) is 5. The Bertz CT molecular complexity index is 1290. The Morgan fingerprint density at radius 2 is 2.03 bits per heavy atom. The molecular formula is C27H36N4O2P2S. The number of phenols is 1. The van der Waals surface area contributed by atoms with E-state index in [1.54, 1.807) is 23.5 Å². The summed E-state index contributed by atoms with van der Waals surface area (Å²) in [5.41, 5.74) is 5.26. The Morgan fingerprint density at radius 1 is 1.28 bits per heavy atom. The van der Waals surface area contributed by atoms with Crippen molar-refractivity contribution in [3.63, 3.8) is 0 Å². The first kappa shape index (κ1) is 27.0. The molecule has 0 spiro atoms. The third-order valence-corrected chi connectivity index (χ3v) is 8.02. The predicted octanol–water partition coefficient (Wildman–Crippen LogP) is 5.16. The minimum atomic E-state index is -0.325. The van der Waals surface area contributed by atoms with E-state index in [0.717, 1.165) is 35.5 Å². The number of fused-ring (bicyclic) bond motifs is 1. The van der Waals surface area contributed by atoms with Gasteiger partial charge in [0, 0.05) is 58.0 Å². The van der Waals surface area contributed by atoms with Crippen LogP contribution >= 0.6 is 29.8 Å². The van der Waals surface area contributed by atoms with E-state index in [1.807, 2.05) is 46.8 Å². The number of likely N-dealkylation sites (N-methyl/N-ethyl adjacent to an activating group) is 1. The fourth-order valence-corrected chi connectivity index (χ4v) is 6.26. The van der Waals surface area contributed by atoms with Crippen molar-refractivity contribution in [3.05, 3.63) is 69.2 Å². The number of amides is 1. The Labute approximate surface area is 222 Å². The molecule has 0 bridgehead atoms. The van der Waals surface area contributed by atoms with Crippen molar-refractivity contribution >= 4 is 35.7 Å². The van der Waals surface area contributed by atoms with E-state index in [4.69, 9.17) is 5.10 Å². The highest BCUT2D eigenvalue weighted by atomic mass is 32.1. The fraction of sp³-hybridized carbons (Fsp3) is 0.407. The van der Waals surface area contributed by atoms with Crippen molar-refractivity contribution in [2.24, 2.45) is 0 Å². The van der Waals surface area contributed by atoms with Crippen molar-refractivity contribution in [3.8, 4) is 16.9 Å². The van der Waals surface area contributed by atoms with Crippen LogP contribution in [-0.2, 0) is 22.8 Å².